The second-order valence-electron chi connectivity index (χ2n) is 9.58. The van der Waals surface area contributed by atoms with E-state index < -0.39 is 11.7 Å². The van der Waals surface area contributed by atoms with Gasteiger partial charge in [0.15, 0.2) is 0 Å². The lowest BCUT2D eigenvalue weighted by molar-refractivity contribution is -0.137. The fourth-order valence-electron chi connectivity index (χ4n) is 5.22. The normalized spacial score (nSPS) is 24.0. The maximum absolute atomic E-state index is 12.9. The fraction of sp³-hybridized carbons (Fsp3) is 0.440. The molecule has 180 valence electrons. The van der Waals surface area contributed by atoms with Gasteiger partial charge in [0.2, 0.25) is 5.13 Å². The van der Waals surface area contributed by atoms with E-state index in [1.165, 1.54) is 23.7 Å². The van der Waals surface area contributed by atoms with Crippen molar-refractivity contribution in [3.8, 4) is 0 Å². The monoisotopic (exact) mass is 506 g/mol. The maximum atomic E-state index is 12.9. The van der Waals surface area contributed by atoms with Crippen molar-refractivity contribution in [3.05, 3.63) is 76.1 Å². The number of rotatable bonds is 8. The smallest absolute Gasteiger partial charge is 0.358 e. The van der Waals surface area contributed by atoms with Gasteiger partial charge in [-0.3, -0.25) is 0 Å². The lowest BCUT2D eigenvalue weighted by Crippen LogP contribution is -2.58. The molecule has 0 bridgehead atoms. The van der Waals surface area contributed by atoms with E-state index in [0.29, 0.717) is 36.9 Å². The summed E-state index contributed by atoms with van der Waals surface area (Å²) in [5.74, 6) is 0.817. The molecule has 2 saturated carbocycles. The molecule has 0 saturated heterocycles. The van der Waals surface area contributed by atoms with E-state index in [1.807, 2.05) is 24.3 Å². The number of halogens is 4. The molecule has 1 aromatic heterocycles. The average Bonchev–Trinajstić information content (AvgIpc) is 3.18. The van der Waals surface area contributed by atoms with E-state index in [1.54, 1.807) is 6.07 Å². The molecule has 1 heterocycles. The Balaban J connectivity index is 1.01. The van der Waals surface area contributed by atoms with E-state index in [4.69, 9.17) is 11.6 Å². The van der Waals surface area contributed by atoms with Gasteiger partial charge in [-0.05, 0) is 73.4 Å². The highest BCUT2D eigenvalue weighted by molar-refractivity contribution is 7.09. The third-order valence-corrected chi connectivity index (χ3v) is 7.83. The summed E-state index contributed by atoms with van der Waals surface area (Å²) in [6.07, 6.45) is 1.53. The number of hydrogen-bond donors (Lipinski definition) is 2. The summed E-state index contributed by atoms with van der Waals surface area (Å²) in [5.41, 5.74) is 1.69. The lowest BCUT2D eigenvalue weighted by Gasteiger charge is -2.58. The molecule has 3 aromatic rings. The zero-order valence-electron chi connectivity index (χ0n) is 18.5. The Morgan fingerprint density at radius 1 is 1.00 bits per heavy atom. The Labute approximate surface area is 206 Å². The molecule has 2 N–H and O–H groups in total. The number of alkyl halides is 3. The summed E-state index contributed by atoms with van der Waals surface area (Å²) < 4.78 is 43.0. The molecule has 2 fully saturated rings. The van der Waals surface area contributed by atoms with Gasteiger partial charge in [-0.25, -0.2) is 4.98 Å². The van der Waals surface area contributed by atoms with Gasteiger partial charge in [-0.2, -0.15) is 17.5 Å². The number of aromatic nitrogens is 2. The highest BCUT2D eigenvalue weighted by atomic mass is 35.5. The summed E-state index contributed by atoms with van der Waals surface area (Å²) >= 11 is 7.35. The molecule has 1 spiro atoms. The van der Waals surface area contributed by atoms with Gasteiger partial charge >= 0.3 is 6.18 Å². The topological polar surface area (TPSA) is 49.8 Å². The van der Waals surface area contributed by atoms with Gasteiger partial charge < -0.3 is 10.6 Å². The molecule has 0 amide bonds. The molecular weight excluding hydrogens is 481 g/mol. The van der Waals surface area contributed by atoms with Crippen molar-refractivity contribution >= 4 is 28.3 Å². The molecule has 4 nitrogen and oxygen atoms in total. The van der Waals surface area contributed by atoms with Crippen molar-refractivity contribution in [3.63, 3.8) is 0 Å². The Hall–Kier alpha value is -2.16. The van der Waals surface area contributed by atoms with Crippen LogP contribution in [0, 0.1) is 5.41 Å². The Morgan fingerprint density at radius 2 is 1.74 bits per heavy atom. The Kier molecular flexibility index (Phi) is 6.57. The van der Waals surface area contributed by atoms with Crippen LogP contribution in [-0.2, 0) is 19.0 Å². The molecule has 5 rings (SSSR count). The number of nitrogens with zero attached hydrogens (tertiary/aromatic N) is 2. The zero-order chi connectivity index (χ0) is 23.8. The van der Waals surface area contributed by atoms with E-state index in [0.717, 1.165) is 58.9 Å². The largest absolute Gasteiger partial charge is 0.416 e. The molecule has 0 unspecified atom stereocenters. The Bertz CT molecular complexity index is 1120. The van der Waals surface area contributed by atoms with Crippen molar-refractivity contribution in [1.29, 1.82) is 0 Å². The van der Waals surface area contributed by atoms with Crippen LogP contribution in [-0.4, -0.2) is 28.0 Å². The van der Waals surface area contributed by atoms with Crippen molar-refractivity contribution in [2.24, 2.45) is 5.41 Å². The fourth-order valence-corrected chi connectivity index (χ4v) is 6.01. The minimum absolute atomic E-state index is 0.405. The standard InChI is InChI=1S/C25H26ClF3N4S/c26-19-6-4-17(5-7-19)11-22-32-23(34-33-22)31-21-14-24(15-21)12-20(13-24)30-9-8-16-2-1-3-18(10-16)25(27,28)29/h1-7,10,20-21,30H,8-9,11-15H2,(H,31,32,33). The third kappa shape index (κ3) is 5.56. The van der Waals surface area contributed by atoms with Crippen LogP contribution in [0.5, 0.6) is 0 Å². The van der Waals surface area contributed by atoms with Crippen LogP contribution in [0.4, 0.5) is 18.3 Å². The van der Waals surface area contributed by atoms with Crippen molar-refractivity contribution in [2.75, 3.05) is 11.9 Å². The molecule has 9 heteroatoms. The SMILES string of the molecule is FC(F)(F)c1cccc(CCNC2CC3(C2)CC(Nc2nc(Cc4ccc(Cl)cc4)ns2)C3)c1. The maximum Gasteiger partial charge on any atom is 0.416 e. The number of hydrogen-bond acceptors (Lipinski definition) is 5. The second kappa shape index (κ2) is 9.47. The van der Waals surface area contributed by atoms with Crippen LogP contribution in [0.15, 0.2) is 48.5 Å². The lowest BCUT2D eigenvalue weighted by atomic mass is 9.52. The van der Waals surface area contributed by atoms with Gasteiger partial charge in [-0.15, -0.1) is 0 Å². The van der Waals surface area contributed by atoms with Gasteiger partial charge in [0.05, 0.1) is 5.56 Å². The Morgan fingerprint density at radius 3 is 2.47 bits per heavy atom. The van der Waals surface area contributed by atoms with Crippen molar-refractivity contribution in [2.45, 2.75) is 56.8 Å². The van der Waals surface area contributed by atoms with Crippen LogP contribution in [0.3, 0.4) is 0 Å². The van der Waals surface area contributed by atoms with Crippen LogP contribution < -0.4 is 10.6 Å². The minimum Gasteiger partial charge on any atom is -0.358 e. The van der Waals surface area contributed by atoms with E-state index in [9.17, 15) is 13.2 Å². The predicted octanol–water partition coefficient (Wildman–Crippen LogP) is 6.36. The second-order valence-corrected chi connectivity index (χ2v) is 10.8. The van der Waals surface area contributed by atoms with Gasteiger partial charge in [0.25, 0.3) is 0 Å². The molecule has 0 atom stereocenters. The third-order valence-electron chi connectivity index (χ3n) is 6.89. The summed E-state index contributed by atoms with van der Waals surface area (Å²) in [6, 6.07) is 14.2. The number of anilines is 1. The highest BCUT2D eigenvalue weighted by Gasteiger charge is 2.52. The first-order valence-electron chi connectivity index (χ1n) is 11.5. The average molecular weight is 507 g/mol. The quantitative estimate of drug-likeness (QED) is 0.373. The van der Waals surface area contributed by atoms with Gasteiger partial charge in [0.1, 0.15) is 5.82 Å². The first kappa shape index (κ1) is 23.6. The molecule has 34 heavy (non-hydrogen) atoms. The minimum atomic E-state index is -4.29. The van der Waals surface area contributed by atoms with Crippen molar-refractivity contribution in [1.82, 2.24) is 14.7 Å². The van der Waals surface area contributed by atoms with E-state index >= 15 is 0 Å². The van der Waals surface area contributed by atoms with E-state index in [2.05, 4.69) is 20.0 Å². The molecule has 2 aliphatic carbocycles. The van der Waals surface area contributed by atoms with Gasteiger partial charge in [0, 0.05) is 35.1 Å². The number of nitrogens with one attached hydrogen (secondary N) is 2. The molecule has 2 aromatic carbocycles. The molecule has 2 aliphatic rings. The first-order valence-corrected chi connectivity index (χ1v) is 12.6. The summed E-state index contributed by atoms with van der Waals surface area (Å²) in [4.78, 5) is 4.63. The van der Waals surface area contributed by atoms with Crippen LogP contribution in [0.25, 0.3) is 0 Å². The van der Waals surface area contributed by atoms with Crippen LogP contribution in [0.1, 0.15) is 48.2 Å². The van der Waals surface area contributed by atoms with E-state index in [-0.39, 0.29) is 0 Å². The molecule has 0 radical (unpaired) electrons. The summed E-state index contributed by atoms with van der Waals surface area (Å²) in [5, 5.41) is 8.64. The number of benzene rings is 2. The summed E-state index contributed by atoms with van der Waals surface area (Å²) in [6.45, 7) is 0.699. The predicted molar refractivity (Wildman–Crippen MR) is 129 cm³/mol. The molecule has 0 aliphatic heterocycles. The van der Waals surface area contributed by atoms with Crippen molar-refractivity contribution < 1.29 is 13.2 Å². The summed E-state index contributed by atoms with van der Waals surface area (Å²) in [7, 11) is 0. The molecular formula is C25H26ClF3N4S. The highest BCUT2D eigenvalue weighted by Crippen LogP contribution is 2.56. The van der Waals surface area contributed by atoms with Crippen LogP contribution in [0.2, 0.25) is 5.02 Å². The van der Waals surface area contributed by atoms with Crippen LogP contribution >= 0.6 is 23.1 Å². The zero-order valence-corrected chi connectivity index (χ0v) is 20.1. The first-order chi connectivity index (χ1) is 16.3. The van der Waals surface area contributed by atoms with Gasteiger partial charge in [-0.1, -0.05) is 41.9 Å².